The van der Waals surface area contributed by atoms with Crippen molar-refractivity contribution in [1.29, 1.82) is 0 Å². The first-order valence-corrected chi connectivity index (χ1v) is 15.8. The Balaban J connectivity index is 1.44. The highest BCUT2D eigenvalue weighted by Gasteiger charge is 2.24. The predicted octanol–water partition coefficient (Wildman–Crippen LogP) is 5.63. The van der Waals surface area contributed by atoms with Gasteiger partial charge in [0.1, 0.15) is 27.7 Å². The molecule has 13 heteroatoms. The molecule has 1 unspecified atom stereocenters. The highest BCUT2D eigenvalue weighted by atomic mass is 32.2. The van der Waals surface area contributed by atoms with Crippen LogP contribution in [0.5, 0.6) is 0 Å². The Morgan fingerprint density at radius 3 is 2.48 bits per heavy atom. The Hall–Kier alpha value is -5.69. The topological polar surface area (TPSA) is 158 Å². The monoisotopic (exact) mass is 636 g/mol. The smallest absolute Gasteiger partial charge is 0.269 e. The molecule has 0 aliphatic carbocycles. The van der Waals surface area contributed by atoms with E-state index in [1.165, 1.54) is 41.4 Å². The maximum absolute atomic E-state index is 14.9. The van der Waals surface area contributed by atoms with Crippen LogP contribution >= 0.6 is 0 Å². The fourth-order valence-corrected chi connectivity index (χ4v) is 6.22. The molecule has 232 valence electrons. The number of aryl methyl sites for hydroxylation is 1. The Morgan fingerprint density at radius 1 is 0.957 bits per heavy atom. The predicted molar refractivity (Wildman–Crippen MR) is 176 cm³/mol. The van der Waals surface area contributed by atoms with Crippen LogP contribution in [0.1, 0.15) is 30.8 Å². The molecular weight excluding hydrogens is 607 g/mol. The third-order valence-corrected chi connectivity index (χ3v) is 8.78. The van der Waals surface area contributed by atoms with Crippen molar-refractivity contribution < 1.29 is 12.8 Å². The van der Waals surface area contributed by atoms with E-state index >= 15 is 0 Å². The standard InChI is InChI=1S/C33H29FN8O3S/c1-3-26(31-39-28-15-9-13-25(34)29(28)32(43)42(31)22-11-5-4-6-12-22)38-30-24(19-37-33(35)40-30)21-16-23(18-36-17-21)46(44,45)41-27-14-8-7-10-20(27)2/h4-19,26,41H,3H2,1-2H3,(H3,35,37,38,40). The van der Waals surface area contributed by atoms with Gasteiger partial charge in [0.15, 0.2) is 0 Å². The van der Waals surface area contributed by atoms with Crippen molar-refractivity contribution in [3.63, 3.8) is 0 Å². The van der Waals surface area contributed by atoms with Gasteiger partial charge in [-0.2, -0.15) is 4.98 Å². The number of fused-ring (bicyclic) bond motifs is 1. The van der Waals surface area contributed by atoms with Crippen molar-refractivity contribution in [3.8, 4) is 16.8 Å². The van der Waals surface area contributed by atoms with Crippen LogP contribution in [-0.2, 0) is 10.0 Å². The zero-order valence-electron chi connectivity index (χ0n) is 24.8. The summed E-state index contributed by atoms with van der Waals surface area (Å²) in [5.41, 5.74) is 8.18. The molecule has 6 aromatic rings. The number of anilines is 3. The minimum atomic E-state index is -4.00. The highest BCUT2D eigenvalue weighted by molar-refractivity contribution is 7.92. The number of nitrogens with zero attached hydrogens (tertiary/aromatic N) is 5. The van der Waals surface area contributed by atoms with Gasteiger partial charge in [-0.3, -0.25) is 19.1 Å². The number of nitrogens with one attached hydrogen (secondary N) is 2. The van der Waals surface area contributed by atoms with E-state index in [1.54, 1.807) is 55.5 Å². The van der Waals surface area contributed by atoms with Crippen molar-refractivity contribution in [1.82, 2.24) is 24.5 Å². The van der Waals surface area contributed by atoms with Crippen LogP contribution in [-0.4, -0.2) is 32.9 Å². The van der Waals surface area contributed by atoms with Crippen LogP contribution in [0.15, 0.2) is 107 Å². The van der Waals surface area contributed by atoms with Crippen molar-refractivity contribution in [2.75, 3.05) is 15.8 Å². The normalized spacial score (nSPS) is 12.2. The molecule has 3 aromatic carbocycles. The number of nitrogen functional groups attached to an aromatic ring is 1. The van der Waals surface area contributed by atoms with Crippen LogP contribution in [0.3, 0.4) is 0 Å². The third-order valence-electron chi connectivity index (χ3n) is 7.45. The van der Waals surface area contributed by atoms with E-state index in [1.807, 2.05) is 19.1 Å². The molecule has 0 saturated carbocycles. The molecule has 0 aliphatic heterocycles. The number of rotatable bonds is 9. The van der Waals surface area contributed by atoms with Gasteiger partial charge in [0.25, 0.3) is 15.6 Å². The first-order valence-electron chi connectivity index (χ1n) is 14.4. The Kier molecular flexibility index (Phi) is 8.16. The summed E-state index contributed by atoms with van der Waals surface area (Å²) in [4.78, 5) is 31.2. The molecule has 4 N–H and O–H groups in total. The van der Waals surface area contributed by atoms with Gasteiger partial charge in [0.05, 0.1) is 22.9 Å². The lowest BCUT2D eigenvalue weighted by molar-refractivity contribution is 0.601. The molecule has 1 atom stereocenters. The average Bonchev–Trinajstić information content (AvgIpc) is 3.05. The first-order chi connectivity index (χ1) is 22.2. The summed E-state index contributed by atoms with van der Waals surface area (Å²) >= 11 is 0. The first kappa shape index (κ1) is 30.3. The molecule has 3 heterocycles. The molecule has 46 heavy (non-hydrogen) atoms. The fourth-order valence-electron chi connectivity index (χ4n) is 5.10. The van der Waals surface area contributed by atoms with Crippen molar-refractivity contribution in [2.45, 2.75) is 31.2 Å². The number of benzene rings is 3. The molecule has 6 rings (SSSR count). The summed E-state index contributed by atoms with van der Waals surface area (Å²) in [6, 6.07) is 21.0. The number of sulfonamides is 1. The van der Waals surface area contributed by atoms with E-state index in [0.717, 1.165) is 5.56 Å². The van der Waals surface area contributed by atoms with Gasteiger partial charge in [-0.25, -0.2) is 22.8 Å². The second kappa shape index (κ2) is 12.4. The number of aromatic nitrogens is 5. The van der Waals surface area contributed by atoms with Gasteiger partial charge in [-0.15, -0.1) is 0 Å². The molecule has 0 saturated heterocycles. The largest absolute Gasteiger partial charge is 0.368 e. The van der Waals surface area contributed by atoms with Gasteiger partial charge in [-0.1, -0.05) is 49.4 Å². The third kappa shape index (κ3) is 5.87. The lowest BCUT2D eigenvalue weighted by Gasteiger charge is -2.23. The lowest BCUT2D eigenvalue weighted by Crippen LogP contribution is -2.29. The van der Waals surface area contributed by atoms with Gasteiger partial charge >= 0.3 is 0 Å². The van der Waals surface area contributed by atoms with Gasteiger partial charge < -0.3 is 11.1 Å². The van der Waals surface area contributed by atoms with Gasteiger partial charge in [0.2, 0.25) is 5.95 Å². The minimum absolute atomic E-state index is 0.0342. The molecule has 0 bridgehead atoms. The minimum Gasteiger partial charge on any atom is -0.368 e. The summed E-state index contributed by atoms with van der Waals surface area (Å²) in [5, 5.41) is 3.21. The van der Waals surface area contributed by atoms with Gasteiger partial charge in [0, 0.05) is 29.7 Å². The second-order valence-corrected chi connectivity index (χ2v) is 12.2. The van der Waals surface area contributed by atoms with Crippen LogP contribution in [0.2, 0.25) is 0 Å². The molecular formula is C33H29FN8O3S. The summed E-state index contributed by atoms with van der Waals surface area (Å²) in [6.45, 7) is 3.70. The highest BCUT2D eigenvalue weighted by Crippen LogP contribution is 2.32. The van der Waals surface area contributed by atoms with Crippen LogP contribution in [0, 0.1) is 12.7 Å². The summed E-state index contributed by atoms with van der Waals surface area (Å²) in [5.74, 6) is -0.127. The summed E-state index contributed by atoms with van der Waals surface area (Å²) < 4.78 is 45.6. The van der Waals surface area contributed by atoms with Crippen LogP contribution in [0.25, 0.3) is 27.7 Å². The summed E-state index contributed by atoms with van der Waals surface area (Å²) in [6.07, 6.45) is 4.63. The molecule has 0 radical (unpaired) electrons. The Labute approximate surface area is 264 Å². The second-order valence-electron chi connectivity index (χ2n) is 10.5. The zero-order chi connectivity index (χ0) is 32.4. The van der Waals surface area contributed by atoms with E-state index in [4.69, 9.17) is 10.7 Å². The number of hydrogen-bond acceptors (Lipinski definition) is 9. The van der Waals surface area contributed by atoms with Gasteiger partial charge in [-0.05, 0) is 55.3 Å². The zero-order valence-corrected chi connectivity index (χ0v) is 25.7. The Morgan fingerprint density at radius 2 is 1.72 bits per heavy atom. The van der Waals surface area contributed by atoms with Crippen LogP contribution < -0.4 is 21.3 Å². The number of pyridine rings is 1. The lowest BCUT2D eigenvalue weighted by atomic mass is 10.1. The van der Waals surface area contributed by atoms with Crippen molar-refractivity contribution in [3.05, 3.63) is 125 Å². The Bertz CT molecular complexity index is 2240. The maximum Gasteiger partial charge on any atom is 0.269 e. The number of nitrogens with two attached hydrogens (primary N) is 1. The quantitative estimate of drug-likeness (QED) is 0.183. The maximum atomic E-state index is 14.9. The van der Waals surface area contributed by atoms with E-state index in [-0.39, 0.29) is 27.6 Å². The number of halogens is 1. The molecule has 0 spiro atoms. The van der Waals surface area contributed by atoms with E-state index in [9.17, 15) is 17.6 Å². The average molecular weight is 637 g/mol. The molecule has 0 fully saturated rings. The molecule has 0 amide bonds. The fraction of sp³-hybridized carbons (Fsp3) is 0.121. The van der Waals surface area contributed by atoms with Crippen LogP contribution in [0.4, 0.5) is 21.8 Å². The molecule has 0 aliphatic rings. The van der Waals surface area contributed by atoms with E-state index < -0.39 is 27.4 Å². The van der Waals surface area contributed by atoms with E-state index in [2.05, 4.69) is 25.0 Å². The summed E-state index contributed by atoms with van der Waals surface area (Å²) in [7, 11) is -4.00. The molecule has 3 aromatic heterocycles. The van der Waals surface area contributed by atoms with Crippen molar-refractivity contribution >= 4 is 38.4 Å². The van der Waals surface area contributed by atoms with E-state index in [0.29, 0.717) is 34.7 Å². The SMILES string of the molecule is CCC(Nc1nc(N)ncc1-c1cncc(S(=O)(=O)Nc2ccccc2C)c1)c1nc2cccc(F)c2c(=O)n1-c1ccccc1. The number of para-hydroxylation sites is 2. The number of hydrogen-bond donors (Lipinski definition) is 3. The van der Waals surface area contributed by atoms with Crippen molar-refractivity contribution in [2.24, 2.45) is 0 Å². The molecule has 11 nitrogen and oxygen atoms in total.